The molecule has 198 valence electrons. The molecule has 0 spiro atoms. The summed E-state index contributed by atoms with van der Waals surface area (Å²) in [5.74, 6) is -3.41. The van der Waals surface area contributed by atoms with Crippen LogP contribution >= 0.6 is 46.1 Å². The van der Waals surface area contributed by atoms with Crippen LogP contribution in [0.3, 0.4) is 0 Å². The fraction of sp³-hybridized carbons (Fsp3) is 0.200. The molecule has 9 nitrogen and oxygen atoms in total. The Hall–Kier alpha value is -3.15. The monoisotopic (exact) mass is 595 g/mol. The largest absolute Gasteiger partial charge is 0.478 e. The number of aliphatic hydroxyl groups excluding tert-OH is 1. The molecule has 4 N–H and O–H groups in total. The van der Waals surface area contributed by atoms with Crippen molar-refractivity contribution in [1.29, 1.82) is 0 Å². The van der Waals surface area contributed by atoms with Gasteiger partial charge in [0.1, 0.15) is 0 Å². The number of nitrogens with one attached hydrogen (secondary N) is 2. The van der Waals surface area contributed by atoms with Crippen molar-refractivity contribution in [3.05, 3.63) is 90.0 Å². The molecule has 2 atom stereocenters. The summed E-state index contributed by atoms with van der Waals surface area (Å²) in [4.78, 5) is 52.0. The minimum atomic E-state index is -1.75. The van der Waals surface area contributed by atoms with Crippen LogP contribution in [-0.4, -0.2) is 58.1 Å². The molecule has 0 saturated carbocycles. The maximum atomic E-state index is 13.1. The third-order valence-corrected chi connectivity index (χ3v) is 7.82. The second-order valence-corrected chi connectivity index (χ2v) is 10.4. The number of carbonyl (C=O) groups is 4. The summed E-state index contributed by atoms with van der Waals surface area (Å²) in [7, 11) is 0. The minimum absolute atomic E-state index is 0.0317. The van der Waals surface area contributed by atoms with Crippen molar-refractivity contribution in [3.8, 4) is 0 Å². The molecule has 2 heterocycles. The molecule has 38 heavy (non-hydrogen) atoms. The Morgan fingerprint density at radius 3 is 2.34 bits per heavy atom. The van der Waals surface area contributed by atoms with E-state index >= 15 is 0 Å². The molecule has 0 aliphatic carbocycles. The molecule has 1 aromatic heterocycles. The van der Waals surface area contributed by atoms with Crippen LogP contribution < -0.4 is 10.6 Å². The molecule has 1 aliphatic rings. The average Bonchev–Trinajstić information content (AvgIpc) is 3.43. The first kappa shape index (κ1) is 27.9. The van der Waals surface area contributed by atoms with Gasteiger partial charge in [-0.25, -0.2) is 4.79 Å². The van der Waals surface area contributed by atoms with Gasteiger partial charge >= 0.3 is 5.97 Å². The summed E-state index contributed by atoms with van der Waals surface area (Å²) in [6, 6.07) is 10.1. The molecule has 1 unspecified atom stereocenters. The van der Waals surface area contributed by atoms with E-state index < -0.39 is 36.6 Å². The number of nitrogens with zero attached hydrogens (tertiary/aromatic N) is 1. The molecule has 3 amide bonds. The van der Waals surface area contributed by atoms with Crippen LogP contribution in [0, 0.1) is 0 Å². The van der Waals surface area contributed by atoms with Crippen molar-refractivity contribution < 1.29 is 29.4 Å². The van der Waals surface area contributed by atoms with Crippen LogP contribution in [0.4, 0.5) is 0 Å². The molecule has 4 rings (SSSR count). The predicted molar refractivity (Wildman–Crippen MR) is 143 cm³/mol. The summed E-state index contributed by atoms with van der Waals surface area (Å²) in [6.07, 6.45) is -1.50. The van der Waals surface area contributed by atoms with Crippen LogP contribution in [0.1, 0.15) is 47.6 Å². The number of thiophene rings is 1. The van der Waals surface area contributed by atoms with Crippen LogP contribution in [0.15, 0.2) is 47.8 Å². The Labute approximate surface area is 235 Å². The normalized spacial score (nSPS) is 15.4. The third kappa shape index (κ3) is 5.64. The lowest BCUT2D eigenvalue weighted by atomic mass is 9.90. The highest BCUT2D eigenvalue weighted by atomic mass is 35.5. The number of hydrogen-bond acceptors (Lipinski definition) is 6. The smallest absolute Gasteiger partial charge is 0.347 e. The Balaban J connectivity index is 1.60. The van der Waals surface area contributed by atoms with Crippen molar-refractivity contribution in [2.45, 2.75) is 18.6 Å². The number of halogens is 3. The zero-order valence-corrected chi connectivity index (χ0v) is 22.5. The highest BCUT2D eigenvalue weighted by molar-refractivity contribution is 7.12. The zero-order valence-electron chi connectivity index (χ0n) is 19.4. The molecule has 0 bridgehead atoms. The lowest BCUT2D eigenvalue weighted by molar-refractivity contribution is -0.139. The van der Waals surface area contributed by atoms with Crippen LogP contribution in [-0.2, 0) is 11.2 Å². The lowest BCUT2D eigenvalue weighted by Crippen LogP contribution is -2.52. The molecule has 3 aromatic rings. The van der Waals surface area contributed by atoms with Crippen molar-refractivity contribution in [3.63, 3.8) is 0 Å². The molecule has 0 fully saturated rings. The van der Waals surface area contributed by atoms with Crippen molar-refractivity contribution in [2.24, 2.45) is 0 Å². The number of hydrogen-bond donors (Lipinski definition) is 4. The molecule has 2 aromatic carbocycles. The van der Waals surface area contributed by atoms with Gasteiger partial charge in [-0.2, -0.15) is 0 Å². The van der Waals surface area contributed by atoms with Crippen molar-refractivity contribution >= 4 is 69.8 Å². The van der Waals surface area contributed by atoms with Gasteiger partial charge in [0, 0.05) is 17.1 Å². The number of aliphatic hydroxyl groups is 1. The van der Waals surface area contributed by atoms with E-state index in [1.54, 1.807) is 35.7 Å². The van der Waals surface area contributed by atoms with E-state index in [2.05, 4.69) is 10.6 Å². The first-order valence-electron chi connectivity index (χ1n) is 11.2. The molecule has 1 aliphatic heterocycles. The Bertz CT molecular complexity index is 1400. The second-order valence-electron chi connectivity index (χ2n) is 8.26. The Morgan fingerprint density at radius 2 is 1.74 bits per heavy atom. The summed E-state index contributed by atoms with van der Waals surface area (Å²) in [5.41, 5.74) is 1.16. The number of carbonyl (C=O) groups excluding carboxylic acids is 3. The maximum Gasteiger partial charge on any atom is 0.347 e. The van der Waals surface area contributed by atoms with Gasteiger partial charge in [-0.1, -0.05) is 40.9 Å². The van der Waals surface area contributed by atoms with Gasteiger partial charge in [0.15, 0.2) is 0 Å². The fourth-order valence-corrected chi connectivity index (χ4v) is 5.66. The van der Waals surface area contributed by atoms with Gasteiger partial charge in [0.05, 0.1) is 33.1 Å². The van der Waals surface area contributed by atoms with E-state index in [1.807, 2.05) is 0 Å². The van der Waals surface area contributed by atoms with E-state index in [0.717, 1.165) is 11.3 Å². The first-order valence-corrected chi connectivity index (χ1v) is 13.2. The number of carboxylic acid groups (broad SMARTS) is 1. The van der Waals surface area contributed by atoms with Gasteiger partial charge in [0.2, 0.25) is 6.17 Å². The Morgan fingerprint density at radius 1 is 1.05 bits per heavy atom. The van der Waals surface area contributed by atoms with Crippen molar-refractivity contribution in [1.82, 2.24) is 15.5 Å². The lowest BCUT2D eigenvalue weighted by Gasteiger charge is -2.37. The number of amides is 3. The molecular formula is C25H20Cl3N3O6S. The standard InChI is InChI=1S/C25H20Cl3N3O6S/c26-13-5-3-12(4-6-13)24(35)31-8-7-14-15(17(31)11-32)10-16(27)19(20(14)28)23(34)30-21(25(36)37)29-22(33)18-2-1-9-38-18/h1-6,9-10,17,21,32H,7-8,11H2,(H,29,33)(H,30,34)(H,36,37)/t17?,21-/m1/s1. The minimum Gasteiger partial charge on any atom is -0.478 e. The SMILES string of the molecule is O=C(N[C@H](NC(=O)c1c(Cl)cc2c(c1Cl)CCN(C(=O)c1ccc(Cl)cc1)C2CO)C(=O)O)c1cccs1. The predicted octanol–water partition coefficient (Wildman–Crippen LogP) is 4.01. The first-order chi connectivity index (χ1) is 18.1. The maximum absolute atomic E-state index is 13.1. The molecule has 0 radical (unpaired) electrons. The van der Waals surface area contributed by atoms with Gasteiger partial charge in [-0.15, -0.1) is 11.3 Å². The summed E-state index contributed by atoms with van der Waals surface area (Å²) in [6.45, 7) is -0.239. The van der Waals surface area contributed by atoms with Gasteiger partial charge in [-0.3, -0.25) is 14.4 Å². The van der Waals surface area contributed by atoms with Crippen LogP contribution in [0.25, 0.3) is 0 Å². The molecular weight excluding hydrogens is 577 g/mol. The topological polar surface area (TPSA) is 136 Å². The number of carboxylic acids is 1. The number of fused-ring (bicyclic) bond motifs is 1. The van der Waals surface area contributed by atoms with Crippen LogP contribution in [0.5, 0.6) is 0 Å². The summed E-state index contributed by atoms with van der Waals surface area (Å²) >= 11 is 20.0. The zero-order chi connectivity index (χ0) is 27.6. The summed E-state index contributed by atoms with van der Waals surface area (Å²) in [5, 5.41) is 26.2. The summed E-state index contributed by atoms with van der Waals surface area (Å²) < 4.78 is 0. The van der Waals surface area contributed by atoms with E-state index in [-0.39, 0.29) is 39.4 Å². The Kier molecular flexibility index (Phi) is 8.59. The van der Waals surface area contributed by atoms with Gasteiger partial charge < -0.3 is 25.7 Å². The fourth-order valence-electron chi connectivity index (χ4n) is 4.16. The highest BCUT2D eigenvalue weighted by Gasteiger charge is 2.35. The second kappa shape index (κ2) is 11.7. The quantitative estimate of drug-likeness (QED) is 0.304. The van der Waals surface area contributed by atoms with E-state index in [4.69, 9.17) is 34.8 Å². The highest BCUT2D eigenvalue weighted by Crippen LogP contribution is 2.39. The van der Waals surface area contributed by atoms with E-state index in [9.17, 15) is 29.4 Å². The average molecular weight is 597 g/mol. The molecule has 13 heteroatoms. The van der Waals surface area contributed by atoms with Crippen molar-refractivity contribution in [2.75, 3.05) is 13.2 Å². The number of aliphatic carboxylic acids is 1. The molecule has 0 saturated heterocycles. The van der Waals surface area contributed by atoms with Gasteiger partial charge in [-0.05, 0) is 59.3 Å². The van der Waals surface area contributed by atoms with Gasteiger partial charge in [0.25, 0.3) is 17.7 Å². The van der Waals surface area contributed by atoms with E-state index in [0.29, 0.717) is 21.7 Å². The third-order valence-electron chi connectivity index (χ3n) is 5.99. The van der Waals surface area contributed by atoms with E-state index in [1.165, 1.54) is 17.0 Å². The number of benzene rings is 2. The number of rotatable bonds is 7. The van der Waals surface area contributed by atoms with Crippen LogP contribution in [0.2, 0.25) is 15.1 Å².